The third-order valence-electron chi connectivity index (χ3n) is 4.86. The summed E-state index contributed by atoms with van der Waals surface area (Å²) >= 11 is 0. The van der Waals surface area contributed by atoms with Gasteiger partial charge in [-0.2, -0.15) is 0 Å². The van der Waals surface area contributed by atoms with Gasteiger partial charge in [0, 0.05) is 71.6 Å². The molecule has 1 aliphatic rings. The summed E-state index contributed by atoms with van der Waals surface area (Å²) in [4.78, 5) is 29.7. The Kier molecular flexibility index (Phi) is 6.33. The molecule has 0 atom stereocenters. The maximum Gasteiger partial charge on any atom is 0.293 e. The van der Waals surface area contributed by atoms with Gasteiger partial charge in [-0.15, -0.1) is 0 Å². The first-order valence-electron chi connectivity index (χ1n) is 9.71. The smallest absolute Gasteiger partial charge is 0.293 e. The highest BCUT2D eigenvalue weighted by Crippen LogP contribution is 2.09. The second-order valence-corrected chi connectivity index (χ2v) is 7.43. The van der Waals surface area contributed by atoms with E-state index in [2.05, 4.69) is 43.6 Å². The molecule has 2 aromatic heterocycles. The van der Waals surface area contributed by atoms with E-state index in [4.69, 9.17) is 0 Å². The summed E-state index contributed by atoms with van der Waals surface area (Å²) in [7, 11) is 3.54. The number of aryl methyl sites for hydroxylation is 1. The number of anilines is 1. The van der Waals surface area contributed by atoms with Crippen LogP contribution in [0.1, 0.15) is 19.7 Å². The molecule has 0 aliphatic carbocycles. The molecular formula is C19H30N8O. The fourth-order valence-corrected chi connectivity index (χ4v) is 3.39. The molecule has 152 valence electrons. The Labute approximate surface area is 165 Å². The lowest BCUT2D eigenvalue weighted by Crippen LogP contribution is -2.53. The third kappa shape index (κ3) is 4.52. The van der Waals surface area contributed by atoms with E-state index in [9.17, 15) is 4.79 Å². The molecule has 0 saturated carbocycles. The summed E-state index contributed by atoms with van der Waals surface area (Å²) in [5.74, 6) is 2.95. The van der Waals surface area contributed by atoms with Crippen LogP contribution in [0.5, 0.6) is 0 Å². The van der Waals surface area contributed by atoms with Crippen LogP contribution < -0.4 is 15.8 Å². The molecule has 1 aliphatic heterocycles. The Balaban J connectivity index is 1.58. The highest BCUT2D eigenvalue weighted by Gasteiger charge is 2.22. The average molecular weight is 387 g/mol. The van der Waals surface area contributed by atoms with E-state index >= 15 is 0 Å². The normalized spacial score (nSPS) is 15.4. The van der Waals surface area contributed by atoms with Crippen LogP contribution in [0.2, 0.25) is 0 Å². The number of nitrogens with one attached hydrogen (secondary N) is 1. The van der Waals surface area contributed by atoms with Crippen molar-refractivity contribution >= 4 is 11.8 Å². The Hall–Kier alpha value is -2.84. The zero-order valence-corrected chi connectivity index (χ0v) is 17.2. The van der Waals surface area contributed by atoms with E-state index in [0.29, 0.717) is 18.3 Å². The first-order valence-corrected chi connectivity index (χ1v) is 9.71. The molecule has 3 heterocycles. The summed E-state index contributed by atoms with van der Waals surface area (Å²) < 4.78 is 3.74. The van der Waals surface area contributed by atoms with Gasteiger partial charge in [0.1, 0.15) is 5.82 Å². The first kappa shape index (κ1) is 19.9. The fourth-order valence-electron chi connectivity index (χ4n) is 3.39. The van der Waals surface area contributed by atoms with Crippen LogP contribution >= 0.6 is 0 Å². The lowest BCUT2D eigenvalue weighted by atomic mass is 10.2. The minimum atomic E-state index is -0.0598. The van der Waals surface area contributed by atoms with Crippen LogP contribution in [0.3, 0.4) is 0 Å². The second-order valence-electron chi connectivity index (χ2n) is 7.43. The third-order valence-corrected chi connectivity index (χ3v) is 4.86. The van der Waals surface area contributed by atoms with Crippen molar-refractivity contribution in [2.75, 3.05) is 38.1 Å². The van der Waals surface area contributed by atoms with Crippen LogP contribution in [0.25, 0.3) is 0 Å². The summed E-state index contributed by atoms with van der Waals surface area (Å²) in [6, 6.07) is 0. The van der Waals surface area contributed by atoms with Crippen LogP contribution in [0.15, 0.2) is 34.6 Å². The number of rotatable bonds is 5. The minimum absolute atomic E-state index is 0.0598. The molecular weight excluding hydrogens is 356 g/mol. The van der Waals surface area contributed by atoms with E-state index in [1.165, 1.54) is 0 Å². The monoisotopic (exact) mass is 386 g/mol. The minimum Gasteiger partial charge on any atom is -0.349 e. The molecule has 0 aromatic carbocycles. The van der Waals surface area contributed by atoms with Gasteiger partial charge in [0.2, 0.25) is 0 Å². The molecule has 0 bridgehead atoms. The van der Waals surface area contributed by atoms with Crippen LogP contribution in [0.4, 0.5) is 5.82 Å². The number of imidazole rings is 1. The molecule has 0 spiro atoms. The quantitative estimate of drug-likeness (QED) is 0.596. The van der Waals surface area contributed by atoms with E-state index in [0.717, 1.165) is 44.5 Å². The highest BCUT2D eigenvalue weighted by atomic mass is 16.1. The van der Waals surface area contributed by atoms with Gasteiger partial charge in [0.25, 0.3) is 5.56 Å². The number of nitrogens with zero attached hydrogens (tertiary/aromatic N) is 7. The van der Waals surface area contributed by atoms with Crippen LogP contribution in [0, 0.1) is 5.92 Å². The Morgan fingerprint density at radius 3 is 2.57 bits per heavy atom. The molecule has 1 saturated heterocycles. The Bertz CT molecular complexity index is 861. The predicted molar refractivity (Wildman–Crippen MR) is 111 cm³/mol. The van der Waals surface area contributed by atoms with Crippen molar-refractivity contribution in [2.24, 2.45) is 18.0 Å². The van der Waals surface area contributed by atoms with Crippen molar-refractivity contribution in [3.63, 3.8) is 0 Å². The van der Waals surface area contributed by atoms with Crippen molar-refractivity contribution in [2.45, 2.75) is 26.9 Å². The predicted octanol–water partition coefficient (Wildman–Crippen LogP) is 0.530. The molecule has 1 N–H and O–H groups in total. The SMILES string of the molecule is CN=C(NCc1nccn1CC(C)C)N1CCN(c2nccn(C)c2=O)CC1. The maximum absolute atomic E-state index is 12.3. The van der Waals surface area contributed by atoms with Crippen LogP contribution in [-0.2, 0) is 20.1 Å². The van der Waals surface area contributed by atoms with Gasteiger partial charge in [-0.1, -0.05) is 13.8 Å². The summed E-state index contributed by atoms with van der Waals surface area (Å²) in [5, 5.41) is 3.42. The van der Waals surface area contributed by atoms with Crippen LogP contribution in [-0.4, -0.2) is 63.2 Å². The van der Waals surface area contributed by atoms with E-state index < -0.39 is 0 Å². The largest absolute Gasteiger partial charge is 0.349 e. The fraction of sp³-hybridized carbons (Fsp3) is 0.579. The van der Waals surface area contributed by atoms with Crippen molar-refractivity contribution in [3.05, 3.63) is 41.0 Å². The van der Waals surface area contributed by atoms with E-state index in [1.54, 1.807) is 31.1 Å². The lowest BCUT2D eigenvalue weighted by molar-refractivity contribution is 0.369. The first-order chi connectivity index (χ1) is 13.5. The van der Waals surface area contributed by atoms with Gasteiger partial charge in [-0.3, -0.25) is 9.79 Å². The molecule has 0 unspecified atom stereocenters. The van der Waals surface area contributed by atoms with Gasteiger partial charge in [0.05, 0.1) is 6.54 Å². The highest BCUT2D eigenvalue weighted by molar-refractivity contribution is 5.80. The molecule has 2 aromatic rings. The zero-order valence-electron chi connectivity index (χ0n) is 17.2. The molecule has 9 nitrogen and oxygen atoms in total. The molecule has 28 heavy (non-hydrogen) atoms. The van der Waals surface area contributed by atoms with Crippen molar-refractivity contribution < 1.29 is 0 Å². The number of guanidine groups is 1. The van der Waals surface area contributed by atoms with Gasteiger partial charge in [-0.05, 0) is 5.92 Å². The lowest BCUT2D eigenvalue weighted by Gasteiger charge is -2.36. The molecule has 0 amide bonds. The standard InChI is InChI=1S/C19H30N8O/c1-15(2)14-27-8-6-21-16(27)13-23-19(20-3)26-11-9-25(10-12-26)17-18(28)24(4)7-5-22-17/h5-8,15H,9-14H2,1-4H3,(H,20,23). The molecule has 9 heteroatoms. The van der Waals surface area contributed by atoms with E-state index in [-0.39, 0.29) is 5.56 Å². The van der Waals surface area contributed by atoms with Gasteiger partial charge in [-0.25, -0.2) is 9.97 Å². The topological polar surface area (TPSA) is 83.6 Å². The second kappa shape index (κ2) is 8.90. The number of aromatic nitrogens is 4. The van der Waals surface area contributed by atoms with Crippen molar-refractivity contribution in [1.29, 1.82) is 0 Å². The number of hydrogen-bond donors (Lipinski definition) is 1. The molecule has 3 rings (SSSR count). The summed E-state index contributed by atoms with van der Waals surface area (Å²) in [6.07, 6.45) is 7.21. The Morgan fingerprint density at radius 2 is 1.89 bits per heavy atom. The van der Waals surface area contributed by atoms with Gasteiger partial charge < -0.3 is 24.3 Å². The Morgan fingerprint density at radius 1 is 1.18 bits per heavy atom. The molecule has 1 fully saturated rings. The van der Waals surface area contributed by atoms with Crippen molar-refractivity contribution in [3.8, 4) is 0 Å². The van der Waals surface area contributed by atoms with E-state index in [1.807, 2.05) is 17.3 Å². The van der Waals surface area contributed by atoms with Gasteiger partial charge >= 0.3 is 0 Å². The van der Waals surface area contributed by atoms with Crippen molar-refractivity contribution in [1.82, 2.24) is 29.3 Å². The average Bonchev–Trinajstić information content (AvgIpc) is 3.11. The number of piperazine rings is 1. The maximum atomic E-state index is 12.3. The molecule has 0 radical (unpaired) electrons. The number of hydrogen-bond acceptors (Lipinski definition) is 5. The van der Waals surface area contributed by atoms with Gasteiger partial charge in [0.15, 0.2) is 11.8 Å². The zero-order chi connectivity index (χ0) is 20.1. The number of aliphatic imine (C=N–C) groups is 1. The summed E-state index contributed by atoms with van der Waals surface area (Å²) in [6.45, 7) is 9.00. The summed E-state index contributed by atoms with van der Waals surface area (Å²) in [5.41, 5.74) is -0.0598.